The summed E-state index contributed by atoms with van der Waals surface area (Å²) in [5, 5.41) is 0. The molecule has 0 atom stereocenters. The molecule has 0 aromatic heterocycles. The molecular weight excluding hydrogens is 295 g/mol. The van der Waals surface area contributed by atoms with Crippen molar-refractivity contribution in [2.24, 2.45) is 0 Å². The van der Waals surface area contributed by atoms with Crippen LogP contribution >= 0.6 is 0 Å². The van der Waals surface area contributed by atoms with Crippen LogP contribution in [0.4, 0.5) is 12.9 Å². The first-order chi connectivity index (χ1) is 7.68. The monoisotopic (exact) mass is 306 g/mol. The average molecular weight is 306 g/mol. The third-order valence-electron chi connectivity index (χ3n) is 1.98. The van der Waals surface area contributed by atoms with Gasteiger partial charge < -0.3 is 17.7 Å². The summed E-state index contributed by atoms with van der Waals surface area (Å²) in [7, 11) is -3.13. The summed E-state index contributed by atoms with van der Waals surface area (Å²) < 4.78 is 63.4. The molecule has 18 heavy (non-hydrogen) atoms. The largest absolute Gasteiger partial charge is 1.00 e. The minimum Gasteiger partial charge on any atom is -0.493 e. The van der Waals surface area contributed by atoms with E-state index < -0.39 is 22.3 Å². The molecule has 0 aliphatic heterocycles. The Morgan fingerprint density at radius 1 is 1.17 bits per heavy atom. The van der Waals surface area contributed by atoms with Crippen molar-refractivity contribution in [3.8, 4) is 5.75 Å². The van der Waals surface area contributed by atoms with Gasteiger partial charge in [0, 0.05) is 6.26 Å². The number of benzene rings is 1. The number of hydrogen-bond acceptors (Lipinski definition) is 3. The van der Waals surface area contributed by atoms with Crippen molar-refractivity contribution in [3.05, 3.63) is 24.3 Å². The van der Waals surface area contributed by atoms with E-state index in [-0.39, 0.29) is 69.5 Å². The standard InChI is InChI=1S/C9H11BF3O3S.K/c1-17(14,15)7-6-16-9-4-2-8(3-5-9)10(11,12)13;/h2-5H,6-7H2,1H3;/q-1;+1. The zero-order valence-corrected chi connectivity index (χ0v) is 14.0. The maximum absolute atomic E-state index is 12.3. The Kier molecular flexibility index (Phi) is 7.49. The van der Waals surface area contributed by atoms with Gasteiger partial charge in [0.25, 0.3) is 0 Å². The first-order valence-electron chi connectivity index (χ1n) is 4.79. The minimum atomic E-state index is -5.01. The summed E-state index contributed by atoms with van der Waals surface area (Å²) in [6.45, 7) is -5.08. The molecule has 0 unspecified atom stereocenters. The Balaban J connectivity index is 0.00000289. The third kappa shape index (κ3) is 7.15. The van der Waals surface area contributed by atoms with E-state index in [1.807, 2.05) is 0 Å². The van der Waals surface area contributed by atoms with Gasteiger partial charge >= 0.3 is 58.4 Å². The number of rotatable bonds is 5. The van der Waals surface area contributed by atoms with Crippen LogP contribution in [-0.4, -0.2) is 34.0 Å². The fourth-order valence-electron chi connectivity index (χ4n) is 1.09. The van der Waals surface area contributed by atoms with Gasteiger partial charge in [0.1, 0.15) is 12.4 Å². The van der Waals surface area contributed by atoms with Crippen molar-refractivity contribution < 1.29 is 77.5 Å². The van der Waals surface area contributed by atoms with Crippen LogP contribution in [0.25, 0.3) is 0 Å². The maximum Gasteiger partial charge on any atom is 1.00 e. The van der Waals surface area contributed by atoms with E-state index in [1.54, 1.807) is 0 Å². The van der Waals surface area contributed by atoms with Crippen LogP contribution in [0, 0.1) is 0 Å². The van der Waals surface area contributed by atoms with E-state index in [0.29, 0.717) is 0 Å². The Morgan fingerprint density at radius 2 is 1.67 bits per heavy atom. The van der Waals surface area contributed by atoms with Crippen LogP contribution in [0.5, 0.6) is 5.75 Å². The van der Waals surface area contributed by atoms with Gasteiger partial charge in [0.15, 0.2) is 9.84 Å². The van der Waals surface area contributed by atoms with E-state index in [0.717, 1.165) is 18.4 Å². The summed E-state index contributed by atoms with van der Waals surface area (Å²) in [6.07, 6.45) is 1.06. The van der Waals surface area contributed by atoms with Gasteiger partial charge in [-0.3, -0.25) is 0 Å². The Morgan fingerprint density at radius 3 is 2.06 bits per heavy atom. The zero-order valence-electron chi connectivity index (χ0n) is 10.1. The van der Waals surface area contributed by atoms with Gasteiger partial charge in [-0.15, -0.1) is 5.46 Å². The second-order valence-electron chi connectivity index (χ2n) is 3.62. The molecule has 0 spiro atoms. The van der Waals surface area contributed by atoms with Gasteiger partial charge in [-0.2, -0.15) is 0 Å². The number of sulfone groups is 1. The minimum absolute atomic E-state index is 0. The molecule has 0 radical (unpaired) electrons. The van der Waals surface area contributed by atoms with Crippen LogP contribution in [0.15, 0.2) is 24.3 Å². The van der Waals surface area contributed by atoms with E-state index in [2.05, 4.69) is 0 Å². The molecule has 0 aliphatic rings. The van der Waals surface area contributed by atoms with Crippen molar-refractivity contribution in [2.45, 2.75) is 0 Å². The van der Waals surface area contributed by atoms with Crippen LogP contribution in [0.2, 0.25) is 0 Å². The fourth-order valence-corrected chi connectivity index (χ4v) is 1.48. The van der Waals surface area contributed by atoms with Gasteiger partial charge in [0.05, 0.1) is 5.75 Å². The van der Waals surface area contributed by atoms with Gasteiger partial charge in [-0.1, -0.05) is 12.1 Å². The summed E-state index contributed by atoms with van der Waals surface area (Å²) in [4.78, 5) is 0. The molecule has 96 valence electrons. The molecule has 0 heterocycles. The molecule has 1 aromatic rings. The quantitative estimate of drug-likeness (QED) is 0.601. The SMILES string of the molecule is CS(=O)(=O)CCOc1ccc([B-](F)(F)F)cc1.[K+]. The Hall–Kier alpha value is 0.461. The number of halogens is 3. The van der Waals surface area contributed by atoms with Crippen molar-refractivity contribution in [1.82, 2.24) is 0 Å². The van der Waals surface area contributed by atoms with Gasteiger partial charge in [-0.25, -0.2) is 8.42 Å². The van der Waals surface area contributed by atoms with Crippen LogP contribution < -0.4 is 61.6 Å². The maximum atomic E-state index is 12.3. The van der Waals surface area contributed by atoms with Gasteiger partial charge in [0.2, 0.25) is 0 Å². The van der Waals surface area contributed by atoms with Crippen molar-refractivity contribution in [2.75, 3.05) is 18.6 Å². The van der Waals surface area contributed by atoms with Crippen molar-refractivity contribution in [1.29, 1.82) is 0 Å². The topological polar surface area (TPSA) is 43.4 Å². The molecule has 0 fully saturated rings. The molecule has 1 rings (SSSR count). The summed E-state index contributed by atoms with van der Waals surface area (Å²) in [6, 6.07) is 4.17. The molecule has 0 amide bonds. The Bertz CT molecular complexity index is 473. The van der Waals surface area contributed by atoms with Crippen LogP contribution in [0.3, 0.4) is 0 Å². The molecule has 0 N–H and O–H groups in total. The zero-order chi connectivity index (χ0) is 13.1. The molecule has 0 saturated carbocycles. The predicted molar refractivity (Wildman–Crippen MR) is 60.4 cm³/mol. The van der Waals surface area contributed by atoms with Crippen LogP contribution in [0.1, 0.15) is 0 Å². The summed E-state index contributed by atoms with van der Waals surface area (Å²) in [5.74, 6) is 0.0512. The van der Waals surface area contributed by atoms with E-state index in [9.17, 15) is 21.4 Å². The van der Waals surface area contributed by atoms with Crippen LogP contribution in [-0.2, 0) is 9.84 Å². The molecule has 0 aliphatic carbocycles. The van der Waals surface area contributed by atoms with Crippen molar-refractivity contribution in [3.63, 3.8) is 0 Å². The molecular formula is C9H11BF3KO3S. The van der Waals surface area contributed by atoms with E-state index >= 15 is 0 Å². The molecule has 0 saturated heterocycles. The third-order valence-corrected chi connectivity index (χ3v) is 2.89. The normalized spacial score (nSPS) is 11.8. The fraction of sp³-hybridized carbons (Fsp3) is 0.333. The average Bonchev–Trinajstić information content (AvgIpc) is 2.15. The molecule has 1 aromatic carbocycles. The number of hydrogen-bond donors (Lipinski definition) is 0. The first-order valence-corrected chi connectivity index (χ1v) is 6.85. The van der Waals surface area contributed by atoms with Crippen molar-refractivity contribution >= 4 is 22.3 Å². The summed E-state index contributed by atoms with van der Waals surface area (Å²) >= 11 is 0. The molecule has 0 bridgehead atoms. The molecule has 3 nitrogen and oxygen atoms in total. The number of ether oxygens (including phenoxy) is 1. The summed E-state index contributed by atoms with van der Waals surface area (Å²) in [5.41, 5.74) is -0.708. The Labute approximate surface area is 146 Å². The predicted octanol–water partition coefficient (Wildman–Crippen LogP) is -1.83. The first kappa shape index (κ1) is 18.5. The van der Waals surface area contributed by atoms with Gasteiger partial charge in [-0.05, 0) is 12.1 Å². The van der Waals surface area contributed by atoms with E-state index in [4.69, 9.17) is 4.74 Å². The second kappa shape index (κ2) is 7.30. The smallest absolute Gasteiger partial charge is 0.493 e. The molecule has 9 heteroatoms. The van der Waals surface area contributed by atoms with E-state index in [1.165, 1.54) is 12.1 Å². The second-order valence-corrected chi connectivity index (χ2v) is 5.88.